The highest BCUT2D eigenvalue weighted by Gasteiger charge is 2.21. The molecular weight excluding hydrogens is 428 g/mol. The number of aromatic amines is 1. The van der Waals surface area contributed by atoms with Crippen LogP contribution in [0.4, 0.5) is 8.78 Å². The Hall–Kier alpha value is -2.45. The van der Waals surface area contributed by atoms with Crippen LogP contribution in [0.3, 0.4) is 0 Å². The first-order valence-electron chi connectivity index (χ1n) is 10.9. The maximum absolute atomic E-state index is 12.0. The summed E-state index contributed by atoms with van der Waals surface area (Å²) in [7, 11) is 0. The molecule has 0 aromatic carbocycles. The molecule has 2 N–H and O–H groups in total. The fourth-order valence-electron chi connectivity index (χ4n) is 3.52. The lowest BCUT2D eigenvalue weighted by molar-refractivity contribution is 0.483. The van der Waals surface area contributed by atoms with Gasteiger partial charge in [-0.05, 0) is 63.9 Å². The maximum Gasteiger partial charge on any atom is 0.110 e. The van der Waals surface area contributed by atoms with E-state index in [1.54, 1.807) is 6.20 Å². The van der Waals surface area contributed by atoms with Crippen molar-refractivity contribution in [3.63, 3.8) is 0 Å². The minimum Gasteiger partial charge on any atom is -0.346 e. The number of pyridine rings is 1. The summed E-state index contributed by atoms with van der Waals surface area (Å²) in [6.07, 6.45) is 8.10. The molecule has 0 bridgehead atoms. The van der Waals surface area contributed by atoms with Gasteiger partial charge in [0.25, 0.3) is 0 Å². The normalized spacial score (nSPS) is 19.1. The molecule has 1 fully saturated rings. The summed E-state index contributed by atoms with van der Waals surface area (Å²) in [4.78, 5) is 4.77. The molecule has 3 aromatic rings. The van der Waals surface area contributed by atoms with Crippen LogP contribution >= 0.6 is 12.6 Å². The topological polar surface area (TPSA) is 58.5 Å². The van der Waals surface area contributed by atoms with E-state index in [9.17, 15) is 8.78 Å². The van der Waals surface area contributed by atoms with Gasteiger partial charge in [0.2, 0.25) is 0 Å². The summed E-state index contributed by atoms with van der Waals surface area (Å²) in [6, 6.07) is 6.98. The number of allylic oxidation sites excluding steroid dienone is 3. The number of halogens is 2. The molecule has 0 radical (unpaired) electrons. The van der Waals surface area contributed by atoms with Crippen LogP contribution in [0.25, 0.3) is 22.3 Å². The van der Waals surface area contributed by atoms with Gasteiger partial charge in [0.05, 0.1) is 28.8 Å². The third-order valence-electron chi connectivity index (χ3n) is 5.00. The predicted octanol–water partition coefficient (Wildman–Crippen LogP) is 6.44. The summed E-state index contributed by atoms with van der Waals surface area (Å²) < 4.78 is 26.3. The van der Waals surface area contributed by atoms with Crippen molar-refractivity contribution in [1.82, 2.24) is 25.1 Å². The quantitative estimate of drug-likeness (QED) is 0.309. The molecule has 0 spiro atoms. The van der Waals surface area contributed by atoms with Gasteiger partial charge in [-0.25, -0.2) is 13.8 Å². The van der Waals surface area contributed by atoms with E-state index in [-0.39, 0.29) is 4.91 Å². The van der Waals surface area contributed by atoms with Crippen LogP contribution in [0.1, 0.15) is 41.0 Å². The Labute approximate surface area is 194 Å². The van der Waals surface area contributed by atoms with Crippen molar-refractivity contribution in [2.75, 3.05) is 6.54 Å². The van der Waals surface area contributed by atoms with E-state index in [2.05, 4.69) is 64.0 Å². The first-order valence-corrected chi connectivity index (χ1v) is 11.4. The number of rotatable bonds is 4. The van der Waals surface area contributed by atoms with Gasteiger partial charge < -0.3 is 9.88 Å². The van der Waals surface area contributed by atoms with Crippen LogP contribution in [0.15, 0.2) is 59.4 Å². The van der Waals surface area contributed by atoms with E-state index in [4.69, 9.17) is 4.98 Å². The fourth-order valence-corrected chi connectivity index (χ4v) is 3.70. The third kappa shape index (κ3) is 7.31. The molecule has 1 aliphatic rings. The number of fused-ring (bicyclic) bond motifs is 1. The number of hydrogen-bond acceptors (Lipinski definition) is 4. The Balaban J connectivity index is 0.000000282. The maximum atomic E-state index is 12.0. The molecule has 1 saturated heterocycles. The molecule has 8 heteroatoms. The lowest BCUT2D eigenvalue weighted by Gasteiger charge is -2.11. The number of nitrogens with one attached hydrogen (secondary N) is 2. The molecule has 1 unspecified atom stereocenters. The van der Waals surface area contributed by atoms with Crippen molar-refractivity contribution in [3.05, 3.63) is 59.4 Å². The molecule has 2 atom stereocenters. The van der Waals surface area contributed by atoms with Crippen LogP contribution in [0.5, 0.6) is 0 Å². The Kier molecular flexibility index (Phi) is 10.1. The van der Waals surface area contributed by atoms with Crippen molar-refractivity contribution in [3.8, 4) is 11.3 Å². The molecule has 4 heterocycles. The van der Waals surface area contributed by atoms with E-state index in [0.717, 1.165) is 35.9 Å². The first-order chi connectivity index (χ1) is 15.3. The summed E-state index contributed by atoms with van der Waals surface area (Å²) >= 11 is 3.65. The summed E-state index contributed by atoms with van der Waals surface area (Å²) in [5.41, 5.74) is 4.25. The standard InChI is InChI=1S/C16H19N5.C6H8F2S.C2H6/c1-11-6-12(7-17-11)10-21-5-4-15-16(21)3-2-14(20-15)13-8-18-19-9-13;1-4(7)3-6(9)5(2)8;1-2/h2-5,8-9,11-12,17H,6-7,10H2,1H3,(H,18,19);3,9H,1-2H3;1-2H3/b;4-3+,6-5-;/t11-,12?;;/m0../s1. The van der Waals surface area contributed by atoms with Gasteiger partial charge >= 0.3 is 0 Å². The molecule has 0 amide bonds. The molecule has 174 valence electrons. The fraction of sp³-hybridized carbons (Fsp3) is 0.417. The predicted molar refractivity (Wildman–Crippen MR) is 132 cm³/mol. The van der Waals surface area contributed by atoms with Gasteiger partial charge in [-0.1, -0.05) is 13.8 Å². The Bertz CT molecular complexity index is 1030. The van der Waals surface area contributed by atoms with E-state index >= 15 is 0 Å². The van der Waals surface area contributed by atoms with Crippen LogP contribution in [0, 0.1) is 5.92 Å². The van der Waals surface area contributed by atoms with Crippen molar-refractivity contribution in [1.29, 1.82) is 0 Å². The molecule has 1 aliphatic heterocycles. The molecule has 4 rings (SSSR count). The summed E-state index contributed by atoms with van der Waals surface area (Å²) in [5.74, 6) is -0.212. The number of aromatic nitrogens is 4. The zero-order valence-corrected chi connectivity index (χ0v) is 20.3. The van der Waals surface area contributed by atoms with E-state index in [1.807, 2.05) is 20.0 Å². The average molecular weight is 462 g/mol. The Morgan fingerprint density at radius 2 is 2.00 bits per heavy atom. The lowest BCUT2D eigenvalue weighted by Crippen LogP contribution is -2.17. The average Bonchev–Trinajstić information content (AvgIpc) is 3.51. The molecule has 32 heavy (non-hydrogen) atoms. The van der Waals surface area contributed by atoms with Gasteiger partial charge in [0, 0.05) is 35.4 Å². The largest absolute Gasteiger partial charge is 0.346 e. The number of hydrogen-bond donors (Lipinski definition) is 3. The highest BCUT2D eigenvalue weighted by molar-refractivity contribution is 7.84. The summed E-state index contributed by atoms with van der Waals surface area (Å²) in [6.45, 7) is 10.9. The number of thiol groups is 1. The second-order valence-corrected chi connectivity index (χ2v) is 8.10. The van der Waals surface area contributed by atoms with Crippen molar-refractivity contribution < 1.29 is 8.78 Å². The second kappa shape index (κ2) is 12.6. The highest BCUT2D eigenvalue weighted by Crippen LogP contribution is 2.23. The summed E-state index contributed by atoms with van der Waals surface area (Å²) in [5, 5.41) is 10.3. The monoisotopic (exact) mass is 461 g/mol. The van der Waals surface area contributed by atoms with Gasteiger partial charge in [-0.2, -0.15) is 5.10 Å². The molecule has 0 aliphatic carbocycles. The van der Waals surface area contributed by atoms with Crippen molar-refractivity contribution in [2.24, 2.45) is 5.92 Å². The minimum atomic E-state index is -0.477. The van der Waals surface area contributed by atoms with E-state index in [0.29, 0.717) is 12.0 Å². The molecule has 0 saturated carbocycles. The van der Waals surface area contributed by atoms with E-state index < -0.39 is 11.7 Å². The zero-order valence-electron chi connectivity index (χ0n) is 19.4. The van der Waals surface area contributed by atoms with Gasteiger partial charge in [-0.15, -0.1) is 12.6 Å². The molecular formula is C24H33F2N5S. The van der Waals surface area contributed by atoms with Crippen LogP contribution in [-0.4, -0.2) is 32.3 Å². The Morgan fingerprint density at radius 1 is 1.25 bits per heavy atom. The second-order valence-electron chi connectivity index (χ2n) is 7.62. The smallest absolute Gasteiger partial charge is 0.110 e. The van der Waals surface area contributed by atoms with Gasteiger partial charge in [0.1, 0.15) is 5.83 Å². The minimum absolute atomic E-state index is 0.0370. The van der Waals surface area contributed by atoms with Crippen molar-refractivity contribution >= 4 is 23.7 Å². The molecule has 3 aromatic heterocycles. The van der Waals surface area contributed by atoms with Crippen LogP contribution in [-0.2, 0) is 6.54 Å². The van der Waals surface area contributed by atoms with Gasteiger partial charge in [-0.3, -0.25) is 5.10 Å². The molecule has 5 nitrogen and oxygen atoms in total. The number of H-pyrrole nitrogens is 1. The zero-order chi connectivity index (χ0) is 23.7. The van der Waals surface area contributed by atoms with Crippen molar-refractivity contribution in [2.45, 2.75) is 53.6 Å². The van der Waals surface area contributed by atoms with Crippen LogP contribution in [0.2, 0.25) is 0 Å². The van der Waals surface area contributed by atoms with Gasteiger partial charge in [0.15, 0.2) is 0 Å². The third-order valence-corrected chi connectivity index (χ3v) is 5.44. The Morgan fingerprint density at radius 3 is 2.53 bits per heavy atom. The van der Waals surface area contributed by atoms with Crippen LogP contribution < -0.4 is 5.32 Å². The highest BCUT2D eigenvalue weighted by atomic mass is 32.1. The van der Waals surface area contributed by atoms with E-state index in [1.165, 1.54) is 25.8 Å². The first kappa shape index (κ1) is 25.8. The SMILES string of the molecule is C/C(F)=C(S)\C=C(/C)F.CC.C[C@H]1CC(Cn2ccc3nc(-c4cn[nH]c4)ccc32)CN1. The number of nitrogens with zero attached hydrogens (tertiary/aromatic N) is 3. The lowest BCUT2D eigenvalue weighted by atomic mass is 10.1.